The summed E-state index contributed by atoms with van der Waals surface area (Å²) in [7, 11) is -3.60. The predicted molar refractivity (Wildman–Crippen MR) is 77.9 cm³/mol. The molecule has 0 fully saturated rings. The number of benzene rings is 1. The summed E-state index contributed by atoms with van der Waals surface area (Å²) in [5.41, 5.74) is 0.808. The first-order valence-corrected chi connectivity index (χ1v) is 7.81. The van der Waals surface area contributed by atoms with Crippen molar-refractivity contribution in [3.8, 4) is 0 Å². The molecule has 1 heterocycles. The average molecular weight is 305 g/mol. The van der Waals surface area contributed by atoms with E-state index in [-0.39, 0.29) is 10.9 Å². The second kappa shape index (κ2) is 6.36. The quantitative estimate of drug-likeness (QED) is 0.820. The molecule has 0 saturated heterocycles. The van der Waals surface area contributed by atoms with Crippen molar-refractivity contribution in [2.75, 3.05) is 0 Å². The molecule has 1 amide bonds. The molecule has 110 valence electrons. The lowest BCUT2D eigenvalue weighted by molar-refractivity contribution is -0.117. The number of amides is 1. The van der Waals surface area contributed by atoms with Crippen LogP contribution in [-0.4, -0.2) is 24.5 Å². The number of nitrogens with zero attached hydrogens (tertiary/aromatic N) is 1. The summed E-state index contributed by atoms with van der Waals surface area (Å²) in [6, 6.07) is 7.67. The molecule has 1 atom stereocenters. The third-order valence-electron chi connectivity index (χ3n) is 2.85. The Morgan fingerprint density at radius 1 is 1.33 bits per heavy atom. The van der Waals surface area contributed by atoms with Crippen molar-refractivity contribution in [3.63, 3.8) is 0 Å². The minimum atomic E-state index is -3.60. The Balaban J connectivity index is 2.02. The summed E-state index contributed by atoms with van der Waals surface area (Å²) < 4.78 is 23.9. The van der Waals surface area contributed by atoms with E-state index in [9.17, 15) is 13.2 Å². The Kier molecular flexibility index (Phi) is 4.54. The van der Waals surface area contributed by atoms with Crippen LogP contribution < -0.4 is 5.32 Å². The SMILES string of the molecule is CC(NC(=O)/C=C/S(=O)(=O)c1ccccc1)c1cn[nH]c1. The largest absolute Gasteiger partial charge is 0.346 e. The Hall–Kier alpha value is -2.41. The number of H-pyrrole nitrogens is 1. The smallest absolute Gasteiger partial charge is 0.245 e. The van der Waals surface area contributed by atoms with Crippen LogP contribution in [0.15, 0.2) is 59.1 Å². The fourth-order valence-corrected chi connectivity index (χ4v) is 2.68. The standard InChI is InChI=1S/C14H15N3O3S/c1-11(12-9-15-16-10-12)17-14(18)7-8-21(19,20)13-5-3-2-4-6-13/h2-11H,1H3,(H,15,16)(H,17,18)/b8-7+. The molecule has 7 heteroatoms. The van der Waals surface area contributed by atoms with E-state index in [1.165, 1.54) is 12.1 Å². The third kappa shape index (κ3) is 4.03. The molecular formula is C14H15N3O3S. The summed E-state index contributed by atoms with van der Waals surface area (Å²) in [6.45, 7) is 1.78. The van der Waals surface area contributed by atoms with E-state index in [2.05, 4.69) is 15.5 Å². The molecular weight excluding hydrogens is 290 g/mol. The molecule has 0 radical (unpaired) electrons. The van der Waals surface area contributed by atoms with Crippen LogP contribution in [0.25, 0.3) is 0 Å². The highest BCUT2D eigenvalue weighted by molar-refractivity contribution is 7.94. The van der Waals surface area contributed by atoms with Gasteiger partial charge in [-0.1, -0.05) is 18.2 Å². The van der Waals surface area contributed by atoms with Crippen LogP contribution >= 0.6 is 0 Å². The van der Waals surface area contributed by atoms with Gasteiger partial charge in [-0.25, -0.2) is 8.42 Å². The zero-order valence-electron chi connectivity index (χ0n) is 11.4. The maximum absolute atomic E-state index is 12.0. The molecule has 0 bridgehead atoms. The molecule has 1 unspecified atom stereocenters. The Morgan fingerprint density at radius 2 is 2.05 bits per heavy atom. The number of aromatic nitrogens is 2. The van der Waals surface area contributed by atoms with Gasteiger partial charge in [0.1, 0.15) is 0 Å². The highest BCUT2D eigenvalue weighted by Gasteiger charge is 2.12. The Bertz CT molecular complexity index is 722. The minimum Gasteiger partial charge on any atom is -0.346 e. The number of nitrogens with one attached hydrogen (secondary N) is 2. The van der Waals surface area contributed by atoms with Gasteiger partial charge in [0.15, 0.2) is 9.84 Å². The average Bonchev–Trinajstić information content (AvgIpc) is 3.00. The molecule has 6 nitrogen and oxygen atoms in total. The molecule has 0 aliphatic carbocycles. The van der Waals surface area contributed by atoms with Crippen molar-refractivity contribution in [2.45, 2.75) is 17.9 Å². The van der Waals surface area contributed by atoms with E-state index >= 15 is 0 Å². The summed E-state index contributed by atoms with van der Waals surface area (Å²) in [5.74, 6) is -0.483. The van der Waals surface area contributed by atoms with Crippen LogP contribution in [0.1, 0.15) is 18.5 Å². The maximum atomic E-state index is 12.0. The topological polar surface area (TPSA) is 91.9 Å². The van der Waals surface area contributed by atoms with Crippen LogP contribution in [-0.2, 0) is 14.6 Å². The highest BCUT2D eigenvalue weighted by atomic mass is 32.2. The van der Waals surface area contributed by atoms with Gasteiger partial charge in [0.05, 0.1) is 17.1 Å². The molecule has 1 aromatic carbocycles. The number of hydrogen-bond donors (Lipinski definition) is 2. The summed E-state index contributed by atoms with van der Waals surface area (Å²) in [4.78, 5) is 11.9. The first-order chi connectivity index (χ1) is 9.99. The number of aromatic amines is 1. The van der Waals surface area contributed by atoms with Gasteiger partial charge in [-0.05, 0) is 19.1 Å². The van der Waals surface area contributed by atoms with Gasteiger partial charge in [0.25, 0.3) is 0 Å². The second-order valence-electron chi connectivity index (χ2n) is 4.42. The van der Waals surface area contributed by atoms with Gasteiger partial charge in [-0.2, -0.15) is 5.10 Å². The van der Waals surface area contributed by atoms with Crippen LogP contribution in [0.4, 0.5) is 0 Å². The third-order valence-corrected chi connectivity index (χ3v) is 4.27. The lowest BCUT2D eigenvalue weighted by atomic mass is 10.2. The van der Waals surface area contributed by atoms with Crippen LogP contribution in [0.2, 0.25) is 0 Å². The second-order valence-corrected chi connectivity index (χ2v) is 6.26. The minimum absolute atomic E-state index is 0.150. The first-order valence-electron chi connectivity index (χ1n) is 6.26. The van der Waals surface area contributed by atoms with Gasteiger partial charge in [0, 0.05) is 23.2 Å². The molecule has 2 N–H and O–H groups in total. The van der Waals surface area contributed by atoms with Crippen LogP contribution in [0, 0.1) is 0 Å². The van der Waals surface area contributed by atoms with Crippen LogP contribution in [0.3, 0.4) is 0 Å². The van der Waals surface area contributed by atoms with Gasteiger partial charge in [-0.3, -0.25) is 9.89 Å². The van der Waals surface area contributed by atoms with Crippen molar-refractivity contribution in [2.24, 2.45) is 0 Å². The lowest BCUT2D eigenvalue weighted by Gasteiger charge is -2.09. The zero-order chi connectivity index (χ0) is 15.3. The molecule has 2 rings (SSSR count). The van der Waals surface area contributed by atoms with E-state index in [1.54, 1.807) is 37.5 Å². The Morgan fingerprint density at radius 3 is 2.67 bits per heavy atom. The van der Waals surface area contributed by atoms with Gasteiger partial charge in [-0.15, -0.1) is 0 Å². The van der Waals surface area contributed by atoms with E-state index in [0.717, 1.165) is 17.0 Å². The predicted octanol–water partition coefficient (Wildman–Crippen LogP) is 1.57. The van der Waals surface area contributed by atoms with E-state index in [4.69, 9.17) is 0 Å². The normalized spacial score (nSPS) is 13.2. The zero-order valence-corrected chi connectivity index (χ0v) is 12.2. The van der Waals surface area contributed by atoms with Crippen LogP contribution in [0.5, 0.6) is 0 Å². The molecule has 1 aromatic heterocycles. The van der Waals surface area contributed by atoms with Gasteiger partial charge in [0.2, 0.25) is 5.91 Å². The van der Waals surface area contributed by atoms with Crippen molar-refractivity contribution in [1.82, 2.24) is 15.5 Å². The summed E-state index contributed by atoms with van der Waals surface area (Å²) in [5, 5.41) is 9.99. The van der Waals surface area contributed by atoms with Crippen molar-refractivity contribution >= 4 is 15.7 Å². The summed E-state index contributed by atoms with van der Waals surface area (Å²) >= 11 is 0. The lowest BCUT2D eigenvalue weighted by Crippen LogP contribution is -2.24. The van der Waals surface area contributed by atoms with E-state index in [0.29, 0.717) is 0 Å². The molecule has 21 heavy (non-hydrogen) atoms. The monoisotopic (exact) mass is 305 g/mol. The fraction of sp³-hybridized carbons (Fsp3) is 0.143. The first kappa shape index (κ1) is 15.0. The van der Waals surface area contributed by atoms with Crippen molar-refractivity contribution in [1.29, 1.82) is 0 Å². The fourth-order valence-electron chi connectivity index (χ4n) is 1.68. The molecule has 0 spiro atoms. The maximum Gasteiger partial charge on any atom is 0.245 e. The highest BCUT2D eigenvalue weighted by Crippen LogP contribution is 2.12. The molecule has 0 aliphatic heterocycles. The number of carbonyl (C=O) groups is 1. The van der Waals surface area contributed by atoms with Crippen molar-refractivity contribution < 1.29 is 13.2 Å². The molecule has 0 saturated carbocycles. The number of rotatable bonds is 5. The van der Waals surface area contributed by atoms with E-state index < -0.39 is 15.7 Å². The number of carbonyl (C=O) groups excluding carboxylic acids is 1. The van der Waals surface area contributed by atoms with Crippen molar-refractivity contribution in [3.05, 3.63) is 59.8 Å². The summed E-state index contributed by atoms with van der Waals surface area (Å²) in [6.07, 6.45) is 4.27. The molecule has 2 aromatic rings. The van der Waals surface area contributed by atoms with Gasteiger partial charge >= 0.3 is 0 Å². The number of hydrogen-bond acceptors (Lipinski definition) is 4. The van der Waals surface area contributed by atoms with Gasteiger partial charge < -0.3 is 5.32 Å². The Labute approximate surface area is 122 Å². The number of sulfone groups is 1. The molecule has 0 aliphatic rings. The van der Waals surface area contributed by atoms with E-state index in [1.807, 2.05) is 0 Å².